The predicted octanol–water partition coefficient (Wildman–Crippen LogP) is 4.46. The van der Waals surface area contributed by atoms with Gasteiger partial charge in [-0.25, -0.2) is 10.5 Å². The number of methoxy groups -OCH3 is 3. The standard InChI is InChI=1S/C29H26N4O6/c1-37-23-12-18(13-24(38-2)27(23)39-3)25-26-20(19-6-4-5-7-21(19)31-26)14-22(32-25)29(35)30-15-16-8-10-17(11-9-16)28(34)33-36/h4-14,31,36H,15H2,1-3H3,(H,30,35)(H,33,34). The first-order valence-corrected chi connectivity index (χ1v) is 12.0. The number of ether oxygens (including phenoxy) is 3. The fourth-order valence-electron chi connectivity index (χ4n) is 4.50. The molecular weight excluding hydrogens is 500 g/mol. The van der Waals surface area contributed by atoms with Crippen molar-refractivity contribution in [2.24, 2.45) is 0 Å². The van der Waals surface area contributed by atoms with Crippen molar-refractivity contribution in [3.05, 3.63) is 83.6 Å². The zero-order chi connectivity index (χ0) is 27.5. The van der Waals surface area contributed by atoms with Gasteiger partial charge in [0.05, 0.1) is 32.5 Å². The maximum Gasteiger partial charge on any atom is 0.274 e. The molecule has 3 aromatic carbocycles. The molecule has 4 N–H and O–H groups in total. The molecule has 10 nitrogen and oxygen atoms in total. The molecule has 0 radical (unpaired) electrons. The van der Waals surface area contributed by atoms with Crippen LogP contribution in [0.2, 0.25) is 0 Å². The molecule has 0 fully saturated rings. The molecule has 5 aromatic rings. The largest absolute Gasteiger partial charge is 0.493 e. The third kappa shape index (κ3) is 4.80. The van der Waals surface area contributed by atoms with Gasteiger partial charge in [0.15, 0.2) is 11.5 Å². The van der Waals surface area contributed by atoms with E-state index in [2.05, 4.69) is 10.3 Å². The molecule has 0 aliphatic carbocycles. The second-order valence-electron chi connectivity index (χ2n) is 8.68. The van der Waals surface area contributed by atoms with Gasteiger partial charge in [0.25, 0.3) is 11.8 Å². The van der Waals surface area contributed by atoms with Gasteiger partial charge in [0.2, 0.25) is 5.75 Å². The molecule has 2 aromatic heterocycles. The van der Waals surface area contributed by atoms with Gasteiger partial charge < -0.3 is 24.5 Å². The molecule has 0 unspecified atom stereocenters. The highest BCUT2D eigenvalue weighted by Crippen LogP contribution is 2.42. The van der Waals surface area contributed by atoms with Crippen molar-refractivity contribution in [1.82, 2.24) is 20.8 Å². The zero-order valence-electron chi connectivity index (χ0n) is 21.5. The fraction of sp³-hybridized carbons (Fsp3) is 0.138. The van der Waals surface area contributed by atoms with Crippen LogP contribution in [0.5, 0.6) is 17.2 Å². The van der Waals surface area contributed by atoms with E-state index in [0.717, 1.165) is 27.4 Å². The van der Waals surface area contributed by atoms with Gasteiger partial charge in [-0.3, -0.25) is 14.8 Å². The van der Waals surface area contributed by atoms with Crippen LogP contribution in [0.4, 0.5) is 0 Å². The van der Waals surface area contributed by atoms with Gasteiger partial charge >= 0.3 is 0 Å². The van der Waals surface area contributed by atoms with E-state index in [1.807, 2.05) is 24.3 Å². The summed E-state index contributed by atoms with van der Waals surface area (Å²) in [5.74, 6) is 0.402. The summed E-state index contributed by atoms with van der Waals surface area (Å²) in [6.45, 7) is 0.215. The highest BCUT2D eigenvalue weighted by molar-refractivity contribution is 6.13. The number of H-pyrrole nitrogens is 1. The summed E-state index contributed by atoms with van der Waals surface area (Å²) in [5, 5.41) is 13.5. The lowest BCUT2D eigenvalue weighted by molar-refractivity contribution is 0.0706. The molecular formula is C29H26N4O6. The normalized spacial score (nSPS) is 10.9. The first-order valence-electron chi connectivity index (χ1n) is 12.0. The van der Waals surface area contributed by atoms with Crippen molar-refractivity contribution in [3.8, 4) is 28.5 Å². The van der Waals surface area contributed by atoms with Crippen molar-refractivity contribution >= 4 is 33.6 Å². The second kappa shape index (κ2) is 10.7. The summed E-state index contributed by atoms with van der Waals surface area (Å²) >= 11 is 0. The van der Waals surface area contributed by atoms with Crippen LogP contribution in [0.3, 0.4) is 0 Å². The maximum absolute atomic E-state index is 13.3. The number of hydroxylamine groups is 1. The van der Waals surface area contributed by atoms with E-state index in [1.54, 1.807) is 62.2 Å². The minimum atomic E-state index is -0.610. The summed E-state index contributed by atoms with van der Waals surface area (Å²) in [6.07, 6.45) is 0. The SMILES string of the molecule is COc1cc(-c2nc(C(=O)NCc3ccc(C(=O)NO)cc3)cc3c2[nH]c2ccccc23)cc(OC)c1OC. The van der Waals surface area contributed by atoms with Crippen LogP contribution in [0.25, 0.3) is 33.1 Å². The van der Waals surface area contributed by atoms with Gasteiger partial charge in [-0.15, -0.1) is 0 Å². The molecule has 0 atom stereocenters. The zero-order valence-corrected chi connectivity index (χ0v) is 21.5. The van der Waals surface area contributed by atoms with Crippen molar-refractivity contribution < 1.29 is 29.0 Å². The maximum atomic E-state index is 13.3. The molecule has 0 bridgehead atoms. The van der Waals surface area contributed by atoms with Crippen LogP contribution in [0, 0.1) is 0 Å². The molecule has 2 heterocycles. The third-order valence-electron chi connectivity index (χ3n) is 6.44. The van der Waals surface area contributed by atoms with E-state index >= 15 is 0 Å². The number of fused-ring (bicyclic) bond motifs is 3. The quantitative estimate of drug-likeness (QED) is 0.173. The lowest BCUT2D eigenvalue weighted by atomic mass is 10.0. The first kappa shape index (κ1) is 25.6. The van der Waals surface area contributed by atoms with E-state index in [9.17, 15) is 9.59 Å². The number of carbonyl (C=O) groups excluding carboxylic acids is 2. The predicted molar refractivity (Wildman–Crippen MR) is 146 cm³/mol. The Kier molecular flexibility index (Phi) is 7.02. The molecule has 39 heavy (non-hydrogen) atoms. The molecule has 0 saturated carbocycles. The number of hydrogen-bond acceptors (Lipinski definition) is 7. The van der Waals surface area contributed by atoms with E-state index in [0.29, 0.717) is 34.1 Å². The molecule has 0 spiro atoms. The molecule has 198 valence electrons. The summed E-state index contributed by atoms with van der Waals surface area (Å²) < 4.78 is 16.6. The Morgan fingerprint density at radius 2 is 1.56 bits per heavy atom. The number of aromatic nitrogens is 2. The van der Waals surface area contributed by atoms with E-state index in [-0.39, 0.29) is 18.1 Å². The number of hydrogen-bond donors (Lipinski definition) is 4. The topological polar surface area (TPSA) is 135 Å². The number of rotatable bonds is 8. The van der Waals surface area contributed by atoms with Crippen LogP contribution in [0.1, 0.15) is 26.4 Å². The Morgan fingerprint density at radius 3 is 2.21 bits per heavy atom. The Bertz CT molecular complexity index is 1670. The van der Waals surface area contributed by atoms with Gasteiger partial charge in [-0.05, 0) is 42.0 Å². The third-order valence-corrected chi connectivity index (χ3v) is 6.44. The van der Waals surface area contributed by atoms with Crippen LogP contribution >= 0.6 is 0 Å². The van der Waals surface area contributed by atoms with Gasteiger partial charge in [-0.1, -0.05) is 30.3 Å². The number of pyridine rings is 1. The highest BCUT2D eigenvalue weighted by Gasteiger charge is 2.20. The van der Waals surface area contributed by atoms with Crippen LogP contribution < -0.4 is 25.0 Å². The minimum absolute atomic E-state index is 0.215. The van der Waals surface area contributed by atoms with E-state index < -0.39 is 5.91 Å². The molecule has 0 saturated heterocycles. The Balaban J connectivity index is 1.57. The van der Waals surface area contributed by atoms with Crippen molar-refractivity contribution in [2.75, 3.05) is 21.3 Å². The number of carbonyl (C=O) groups is 2. The average Bonchev–Trinajstić information content (AvgIpc) is 3.37. The van der Waals surface area contributed by atoms with Gasteiger partial charge in [-0.2, -0.15) is 0 Å². The number of nitrogens with zero attached hydrogens (tertiary/aromatic N) is 1. The number of amides is 2. The Morgan fingerprint density at radius 1 is 0.872 bits per heavy atom. The minimum Gasteiger partial charge on any atom is -0.493 e. The van der Waals surface area contributed by atoms with Crippen LogP contribution in [-0.2, 0) is 6.54 Å². The highest BCUT2D eigenvalue weighted by atomic mass is 16.5. The molecule has 5 rings (SSSR count). The fourth-order valence-corrected chi connectivity index (χ4v) is 4.50. The van der Waals surface area contributed by atoms with Crippen molar-refractivity contribution in [3.63, 3.8) is 0 Å². The summed E-state index contributed by atoms with van der Waals surface area (Å²) in [5.41, 5.74) is 5.79. The van der Waals surface area contributed by atoms with Crippen molar-refractivity contribution in [2.45, 2.75) is 6.54 Å². The Labute approximate surface area is 223 Å². The summed E-state index contributed by atoms with van der Waals surface area (Å²) in [6, 6.07) is 19.7. The summed E-state index contributed by atoms with van der Waals surface area (Å²) in [7, 11) is 4.62. The number of para-hydroxylation sites is 1. The van der Waals surface area contributed by atoms with Gasteiger partial charge in [0.1, 0.15) is 5.69 Å². The number of benzene rings is 3. The molecule has 2 amide bonds. The average molecular weight is 527 g/mol. The molecule has 0 aliphatic heterocycles. The smallest absolute Gasteiger partial charge is 0.274 e. The number of nitrogens with one attached hydrogen (secondary N) is 3. The summed E-state index contributed by atoms with van der Waals surface area (Å²) in [4.78, 5) is 33.1. The molecule has 0 aliphatic rings. The van der Waals surface area contributed by atoms with Crippen LogP contribution in [-0.4, -0.2) is 48.3 Å². The first-order chi connectivity index (χ1) is 19.0. The van der Waals surface area contributed by atoms with E-state index in [4.69, 9.17) is 24.4 Å². The Hall–Kier alpha value is -5.09. The lowest BCUT2D eigenvalue weighted by Crippen LogP contribution is -2.24. The lowest BCUT2D eigenvalue weighted by Gasteiger charge is -2.15. The van der Waals surface area contributed by atoms with E-state index in [1.165, 1.54) is 7.11 Å². The van der Waals surface area contributed by atoms with Crippen molar-refractivity contribution in [1.29, 1.82) is 0 Å². The van der Waals surface area contributed by atoms with Gasteiger partial charge in [0, 0.05) is 34.0 Å². The number of aromatic amines is 1. The second-order valence-corrected chi connectivity index (χ2v) is 8.68. The molecule has 10 heteroatoms. The van der Waals surface area contributed by atoms with Crippen LogP contribution in [0.15, 0.2) is 66.7 Å². The monoisotopic (exact) mass is 526 g/mol.